The van der Waals surface area contributed by atoms with Crippen molar-refractivity contribution in [3.05, 3.63) is 11.3 Å². The van der Waals surface area contributed by atoms with E-state index >= 15 is 0 Å². The van der Waals surface area contributed by atoms with Gasteiger partial charge in [-0.15, -0.1) is 11.8 Å². The molecule has 2 aliphatic rings. The van der Waals surface area contributed by atoms with Crippen LogP contribution in [0.3, 0.4) is 0 Å². The molecule has 2 aliphatic heterocycles. The van der Waals surface area contributed by atoms with E-state index in [0.29, 0.717) is 5.57 Å². The van der Waals surface area contributed by atoms with Crippen LogP contribution in [0.2, 0.25) is 0 Å². The number of rotatable bonds is 8. The summed E-state index contributed by atoms with van der Waals surface area (Å²) in [6, 6.07) is -0.859. The highest BCUT2D eigenvalue weighted by molar-refractivity contribution is 8.00. The Morgan fingerprint density at radius 1 is 1.28 bits per heavy atom. The van der Waals surface area contributed by atoms with Crippen LogP contribution >= 0.6 is 11.8 Å². The van der Waals surface area contributed by atoms with Crippen LogP contribution in [-0.2, 0) is 23.9 Å². The number of nitrogens with zero attached hydrogens (tertiary/aromatic N) is 1. The molecule has 0 aromatic heterocycles. The maximum absolute atomic E-state index is 12.5. The van der Waals surface area contributed by atoms with Crippen LogP contribution in [0.15, 0.2) is 11.3 Å². The highest BCUT2D eigenvalue weighted by Gasteiger charge is 2.54. The molecule has 1 fully saturated rings. The summed E-state index contributed by atoms with van der Waals surface area (Å²) in [6.07, 6.45) is 2.17. The van der Waals surface area contributed by atoms with Gasteiger partial charge in [-0.05, 0) is 27.2 Å². The fourth-order valence-electron chi connectivity index (χ4n) is 2.99. The van der Waals surface area contributed by atoms with Crippen LogP contribution in [-0.4, -0.2) is 63.3 Å². The van der Waals surface area contributed by atoms with Gasteiger partial charge in [-0.3, -0.25) is 14.5 Å². The van der Waals surface area contributed by atoms with Crippen LogP contribution in [0.25, 0.3) is 0 Å². The van der Waals surface area contributed by atoms with E-state index in [4.69, 9.17) is 9.47 Å². The number of amides is 2. The monoisotopic (exact) mass is 428 g/mol. The van der Waals surface area contributed by atoms with E-state index in [1.54, 1.807) is 20.8 Å². The van der Waals surface area contributed by atoms with Gasteiger partial charge >= 0.3 is 18.0 Å². The summed E-state index contributed by atoms with van der Waals surface area (Å²) >= 11 is 1.31. The molecule has 2 rings (SSSR count). The number of carboxylic acids is 1. The fourth-order valence-corrected chi connectivity index (χ4v) is 4.32. The lowest BCUT2D eigenvalue weighted by molar-refractivity contribution is -0.149. The van der Waals surface area contributed by atoms with Gasteiger partial charge < -0.3 is 19.9 Å². The number of nitrogens with one attached hydrogen (secondary N) is 1. The number of aliphatic carboxylic acids is 1. The molecule has 9 nitrogen and oxygen atoms in total. The molecule has 0 aliphatic carbocycles. The third kappa shape index (κ3) is 5.88. The molecule has 1 saturated heterocycles. The number of hydrogen-bond donors (Lipinski definition) is 2. The largest absolute Gasteiger partial charge is 0.477 e. The van der Waals surface area contributed by atoms with Crippen molar-refractivity contribution in [1.29, 1.82) is 0 Å². The quantitative estimate of drug-likeness (QED) is 0.343. The van der Waals surface area contributed by atoms with Crippen molar-refractivity contribution in [2.45, 2.75) is 70.4 Å². The Bertz CT molecular complexity index is 714. The van der Waals surface area contributed by atoms with Gasteiger partial charge in [-0.1, -0.05) is 19.8 Å². The van der Waals surface area contributed by atoms with Crippen molar-refractivity contribution in [2.75, 3.05) is 12.4 Å². The van der Waals surface area contributed by atoms with Crippen molar-refractivity contribution < 1.29 is 33.8 Å². The second kappa shape index (κ2) is 9.51. The first-order valence-corrected chi connectivity index (χ1v) is 10.6. The number of carbonyl (C=O) groups is 4. The van der Waals surface area contributed by atoms with E-state index in [1.807, 2.05) is 6.92 Å². The smallest absolute Gasteiger partial charge is 0.408 e. The van der Waals surface area contributed by atoms with Crippen molar-refractivity contribution >= 4 is 35.7 Å². The molecule has 0 radical (unpaired) electrons. The van der Waals surface area contributed by atoms with Crippen LogP contribution in [0.1, 0.15) is 53.4 Å². The molecular weight excluding hydrogens is 400 g/mol. The molecule has 2 N–H and O–H groups in total. The third-order valence-electron chi connectivity index (χ3n) is 4.31. The van der Waals surface area contributed by atoms with Crippen LogP contribution in [0, 0.1) is 0 Å². The van der Waals surface area contributed by atoms with Gasteiger partial charge in [-0.25, -0.2) is 9.59 Å². The molecular formula is C19H28N2O7S. The normalized spacial score (nSPS) is 21.2. The molecule has 0 spiro atoms. The number of hydrogen-bond acceptors (Lipinski definition) is 7. The Morgan fingerprint density at radius 2 is 1.97 bits per heavy atom. The van der Waals surface area contributed by atoms with E-state index < -0.39 is 35.0 Å². The van der Waals surface area contributed by atoms with Crippen LogP contribution in [0.4, 0.5) is 4.79 Å². The Hall–Kier alpha value is -2.23. The minimum absolute atomic E-state index is 0.166. The first-order valence-electron chi connectivity index (χ1n) is 9.60. The summed E-state index contributed by atoms with van der Waals surface area (Å²) < 4.78 is 10.4. The number of ether oxygens (including phenoxy) is 2. The minimum Gasteiger partial charge on any atom is -0.477 e. The maximum Gasteiger partial charge on any atom is 0.408 e. The van der Waals surface area contributed by atoms with Gasteiger partial charge in [-0.2, -0.15) is 0 Å². The second-order valence-electron chi connectivity index (χ2n) is 7.91. The van der Waals surface area contributed by atoms with Crippen molar-refractivity contribution in [2.24, 2.45) is 0 Å². The molecule has 162 valence electrons. The van der Waals surface area contributed by atoms with Crippen molar-refractivity contribution in [3.8, 4) is 0 Å². The number of thioether (sulfide) groups is 1. The summed E-state index contributed by atoms with van der Waals surface area (Å²) in [4.78, 5) is 49.2. The Morgan fingerprint density at radius 3 is 2.55 bits per heavy atom. The summed E-state index contributed by atoms with van der Waals surface area (Å²) in [5, 5.41) is 11.6. The molecule has 0 unspecified atom stereocenters. The molecule has 0 aromatic rings. The van der Waals surface area contributed by atoms with E-state index in [0.717, 1.165) is 24.2 Å². The van der Waals surface area contributed by atoms with Crippen LogP contribution in [0.5, 0.6) is 0 Å². The number of β-lactam (4-membered cyclic amide) rings is 1. The number of unbranched alkanes of at least 4 members (excludes halogenated alkanes) is 2. The molecule has 0 saturated carbocycles. The lowest BCUT2D eigenvalue weighted by Crippen LogP contribution is -2.70. The van der Waals surface area contributed by atoms with Gasteiger partial charge in [0.25, 0.3) is 5.91 Å². The number of carboxylic acid groups (broad SMARTS) is 1. The van der Waals surface area contributed by atoms with Crippen molar-refractivity contribution in [1.82, 2.24) is 10.2 Å². The molecule has 0 aromatic carbocycles. The average molecular weight is 429 g/mol. The SMILES string of the molecule is CCCCCC(=O)OCC1=C(C(=O)O)N2C(=O)[C@@H](NC(=O)OC(C)(C)C)[C@H]2SC1. The van der Waals surface area contributed by atoms with Gasteiger partial charge in [0.1, 0.15) is 29.3 Å². The summed E-state index contributed by atoms with van der Waals surface area (Å²) in [5.41, 5.74) is -0.523. The number of carbonyl (C=O) groups excluding carboxylic acids is 3. The van der Waals surface area contributed by atoms with Gasteiger partial charge in [0.05, 0.1) is 0 Å². The Kier molecular flexibility index (Phi) is 7.56. The Labute approximate surface area is 174 Å². The minimum atomic E-state index is -1.27. The van der Waals surface area contributed by atoms with E-state index in [9.17, 15) is 24.3 Å². The number of fused-ring (bicyclic) bond motifs is 1. The van der Waals surface area contributed by atoms with E-state index in [2.05, 4.69) is 5.32 Å². The van der Waals surface area contributed by atoms with Crippen LogP contribution < -0.4 is 5.32 Å². The highest BCUT2D eigenvalue weighted by Crippen LogP contribution is 2.40. The lowest BCUT2D eigenvalue weighted by atomic mass is 10.0. The second-order valence-corrected chi connectivity index (χ2v) is 9.01. The standard InChI is InChI=1S/C19H28N2O7S/c1-5-6-7-8-12(22)27-9-11-10-29-16-13(20-18(26)28-19(2,3)4)15(23)21(16)14(11)17(24)25/h13,16H,5-10H2,1-4H3,(H,20,26)(H,24,25)/t13-,16-/m1/s1. The molecule has 2 amide bonds. The molecule has 0 bridgehead atoms. The lowest BCUT2D eigenvalue weighted by Gasteiger charge is -2.49. The van der Waals surface area contributed by atoms with Gasteiger partial charge in [0, 0.05) is 17.7 Å². The first kappa shape index (κ1) is 23.1. The number of alkyl carbamates (subject to hydrolysis) is 1. The summed E-state index contributed by atoms with van der Waals surface area (Å²) in [7, 11) is 0. The first-order chi connectivity index (χ1) is 13.5. The van der Waals surface area contributed by atoms with Gasteiger partial charge in [0.2, 0.25) is 0 Å². The predicted molar refractivity (Wildman–Crippen MR) is 106 cm³/mol. The zero-order valence-corrected chi connectivity index (χ0v) is 18.0. The third-order valence-corrected chi connectivity index (χ3v) is 5.65. The molecule has 10 heteroatoms. The Balaban J connectivity index is 2.02. The average Bonchev–Trinajstić information content (AvgIpc) is 2.62. The van der Waals surface area contributed by atoms with E-state index in [-0.39, 0.29) is 30.4 Å². The topological polar surface area (TPSA) is 122 Å². The van der Waals surface area contributed by atoms with Crippen molar-refractivity contribution in [3.63, 3.8) is 0 Å². The molecule has 29 heavy (non-hydrogen) atoms. The number of esters is 1. The summed E-state index contributed by atoms with van der Waals surface area (Å²) in [6.45, 7) is 6.98. The van der Waals surface area contributed by atoms with E-state index in [1.165, 1.54) is 11.8 Å². The van der Waals surface area contributed by atoms with Gasteiger partial charge in [0.15, 0.2) is 0 Å². The predicted octanol–water partition coefficient (Wildman–Crippen LogP) is 2.26. The highest BCUT2D eigenvalue weighted by atomic mass is 32.2. The fraction of sp³-hybridized carbons (Fsp3) is 0.684. The summed E-state index contributed by atoms with van der Waals surface area (Å²) in [5.74, 6) is -1.90. The maximum atomic E-state index is 12.5. The molecule has 2 atom stereocenters. The zero-order chi connectivity index (χ0) is 21.8. The zero-order valence-electron chi connectivity index (χ0n) is 17.1. The molecule has 2 heterocycles.